The van der Waals surface area contributed by atoms with E-state index >= 15 is 0 Å². The lowest BCUT2D eigenvalue weighted by Crippen LogP contribution is -2.50. The Bertz CT molecular complexity index is 860. The van der Waals surface area contributed by atoms with E-state index in [2.05, 4.69) is 18.3 Å². The zero-order valence-corrected chi connectivity index (χ0v) is 22.2. The Morgan fingerprint density at radius 1 is 1.22 bits per heavy atom. The van der Waals surface area contributed by atoms with E-state index in [0.717, 1.165) is 31.3 Å². The van der Waals surface area contributed by atoms with Gasteiger partial charge in [-0.3, -0.25) is 9.59 Å². The van der Waals surface area contributed by atoms with Crippen molar-refractivity contribution in [1.82, 2.24) is 5.32 Å². The lowest BCUT2D eigenvalue weighted by atomic mass is 9.84. The molecule has 1 amide bonds. The third-order valence-corrected chi connectivity index (χ3v) is 7.73. The van der Waals surface area contributed by atoms with E-state index in [-0.39, 0.29) is 54.0 Å². The summed E-state index contributed by atoms with van der Waals surface area (Å²) in [6, 6.07) is -0.0787. The highest BCUT2D eigenvalue weighted by Gasteiger charge is 2.56. The molecule has 3 N–H and O–H groups in total. The number of rotatable bonds is 9. The van der Waals surface area contributed by atoms with Gasteiger partial charge in [-0.25, -0.2) is 0 Å². The van der Waals surface area contributed by atoms with Crippen molar-refractivity contribution in [2.75, 3.05) is 7.11 Å². The van der Waals surface area contributed by atoms with Gasteiger partial charge in [0.2, 0.25) is 5.91 Å². The third-order valence-electron chi connectivity index (χ3n) is 7.73. The number of esters is 1. The van der Waals surface area contributed by atoms with Crippen molar-refractivity contribution in [2.45, 2.75) is 109 Å². The summed E-state index contributed by atoms with van der Waals surface area (Å²) < 4.78 is 17.1. The summed E-state index contributed by atoms with van der Waals surface area (Å²) in [6.07, 6.45) is 11.2. The van der Waals surface area contributed by atoms with Gasteiger partial charge in [0.25, 0.3) is 0 Å². The van der Waals surface area contributed by atoms with E-state index in [4.69, 9.17) is 14.2 Å². The molecule has 8 atom stereocenters. The van der Waals surface area contributed by atoms with E-state index in [1.165, 1.54) is 19.3 Å². The van der Waals surface area contributed by atoms with Gasteiger partial charge in [0.1, 0.15) is 6.10 Å². The second kappa shape index (κ2) is 12.5. The van der Waals surface area contributed by atoms with Gasteiger partial charge in [-0.15, -0.1) is 0 Å². The van der Waals surface area contributed by atoms with E-state index < -0.39 is 18.3 Å². The van der Waals surface area contributed by atoms with Crippen molar-refractivity contribution in [3.05, 3.63) is 36.0 Å². The molecular weight excluding hydrogens is 462 g/mol. The number of carbonyl (C=O) groups excluding carboxylic acids is 2. The topological polar surface area (TPSA) is 114 Å². The van der Waals surface area contributed by atoms with Crippen molar-refractivity contribution in [1.29, 1.82) is 0 Å². The number of aliphatic hydroxyl groups excluding tert-OH is 2. The molecular formula is C28H43NO7. The molecule has 2 aliphatic heterocycles. The van der Waals surface area contributed by atoms with Crippen LogP contribution in [0.1, 0.15) is 66.2 Å². The number of carbonyl (C=O) groups is 2. The molecule has 0 aromatic heterocycles. The van der Waals surface area contributed by atoms with E-state index in [9.17, 15) is 19.8 Å². The van der Waals surface area contributed by atoms with Crippen LogP contribution in [-0.4, -0.2) is 71.9 Å². The van der Waals surface area contributed by atoms with Crippen LogP contribution in [0, 0.1) is 11.3 Å². The Morgan fingerprint density at radius 3 is 2.58 bits per heavy atom. The zero-order valence-electron chi connectivity index (χ0n) is 22.2. The fourth-order valence-electron chi connectivity index (χ4n) is 5.25. The smallest absolute Gasteiger partial charge is 0.308 e. The minimum absolute atomic E-state index is 0.0419. The Balaban J connectivity index is 1.52. The highest BCUT2D eigenvalue weighted by molar-refractivity contribution is 5.87. The molecule has 0 aromatic carbocycles. The molecule has 202 valence electrons. The molecule has 0 unspecified atom stereocenters. The first-order valence-corrected chi connectivity index (χ1v) is 13.1. The molecule has 1 spiro atoms. The first-order chi connectivity index (χ1) is 17.0. The summed E-state index contributed by atoms with van der Waals surface area (Å²) in [5, 5.41) is 23.1. The van der Waals surface area contributed by atoms with Crippen LogP contribution in [0.15, 0.2) is 36.0 Å². The first-order valence-electron chi connectivity index (χ1n) is 13.1. The predicted octanol–water partition coefficient (Wildman–Crippen LogP) is 2.98. The molecule has 2 heterocycles. The summed E-state index contributed by atoms with van der Waals surface area (Å²) in [4.78, 5) is 23.8. The second-order valence-corrected chi connectivity index (χ2v) is 10.9. The van der Waals surface area contributed by atoms with Gasteiger partial charge in [-0.1, -0.05) is 36.8 Å². The van der Waals surface area contributed by atoms with Crippen LogP contribution in [0.4, 0.5) is 0 Å². The lowest BCUT2D eigenvalue weighted by Gasteiger charge is -2.39. The van der Waals surface area contributed by atoms with Gasteiger partial charge < -0.3 is 29.7 Å². The van der Waals surface area contributed by atoms with Crippen molar-refractivity contribution < 1.29 is 34.0 Å². The summed E-state index contributed by atoms with van der Waals surface area (Å²) >= 11 is 0. The molecule has 0 aromatic rings. The molecule has 3 rings (SSSR count). The number of hydrogen-bond acceptors (Lipinski definition) is 7. The third kappa shape index (κ3) is 7.75. The van der Waals surface area contributed by atoms with Crippen LogP contribution < -0.4 is 5.32 Å². The summed E-state index contributed by atoms with van der Waals surface area (Å²) in [6.45, 7) is 7.71. The number of methoxy groups -OCH3 is 1. The molecule has 2 saturated heterocycles. The van der Waals surface area contributed by atoms with Crippen molar-refractivity contribution in [3.8, 4) is 0 Å². The van der Waals surface area contributed by atoms with Crippen LogP contribution >= 0.6 is 0 Å². The van der Waals surface area contributed by atoms with Crippen molar-refractivity contribution >= 4 is 11.9 Å². The average Bonchev–Trinajstić information content (AvgIpc) is 3.60. The molecule has 3 fully saturated rings. The normalized spacial score (nSPS) is 35.2. The molecule has 1 aliphatic carbocycles. The molecule has 3 aliphatic rings. The van der Waals surface area contributed by atoms with Crippen molar-refractivity contribution in [3.63, 3.8) is 0 Å². The Morgan fingerprint density at radius 2 is 1.94 bits per heavy atom. The van der Waals surface area contributed by atoms with Crippen LogP contribution in [0.3, 0.4) is 0 Å². The van der Waals surface area contributed by atoms with E-state index in [1.807, 2.05) is 26.0 Å². The van der Waals surface area contributed by atoms with E-state index in [1.54, 1.807) is 6.92 Å². The maximum atomic E-state index is 12.1. The predicted molar refractivity (Wildman–Crippen MR) is 136 cm³/mol. The number of amides is 1. The highest BCUT2D eigenvalue weighted by Crippen LogP contribution is 2.56. The zero-order chi connectivity index (χ0) is 26.5. The average molecular weight is 506 g/mol. The molecule has 0 bridgehead atoms. The van der Waals surface area contributed by atoms with Crippen LogP contribution in [0.25, 0.3) is 0 Å². The van der Waals surface area contributed by atoms with Gasteiger partial charge in [-0.05, 0) is 58.8 Å². The largest absolute Gasteiger partial charge is 0.469 e. The molecule has 36 heavy (non-hydrogen) atoms. The Hall–Kier alpha value is -2.00. The van der Waals surface area contributed by atoms with Gasteiger partial charge in [0.05, 0.1) is 50.1 Å². The second-order valence-electron chi connectivity index (χ2n) is 10.9. The SMILES string of the molecule is COC(=O)C[C@@H]1CC2(CC2)[C@H](O)[C@@H](/C=C/C(C)=C/C[C@@H]2O[C@H](C)[C@H](NC(=O)/C=C\[C@H](C)O)C[C@@H]2C)O1. The summed E-state index contributed by atoms with van der Waals surface area (Å²) in [5.41, 5.74) is 0.913. The maximum Gasteiger partial charge on any atom is 0.308 e. The number of hydrogen-bond donors (Lipinski definition) is 3. The number of allylic oxidation sites excluding steroid dienone is 2. The fraction of sp³-hybridized carbons (Fsp3) is 0.714. The Kier molecular flexibility index (Phi) is 9.92. The van der Waals surface area contributed by atoms with Gasteiger partial charge in [0, 0.05) is 11.5 Å². The lowest BCUT2D eigenvalue weighted by molar-refractivity contribution is -0.158. The van der Waals surface area contributed by atoms with Crippen molar-refractivity contribution in [2.24, 2.45) is 11.3 Å². The molecule has 8 heteroatoms. The highest BCUT2D eigenvalue weighted by atomic mass is 16.5. The van der Waals surface area contributed by atoms with E-state index in [0.29, 0.717) is 6.42 Å². The molecule has 8 nitrogen and oxygen atoms in total. The number of aliphatic hydroxyl groups is 2. The van der Waals surface area contributed by atoms with Gasteiger partial charge in [-0.2, -0.15) is 0 Å². The quantitative estimate of drug-likeness (QED) is 0.251. The minimum atomic E-state index is -0.660. The van der Waals surface area contributed by atoms with Crippen LogP contribution in [0.5, 0.6) is 0 Å². The summed E-state index contributed by atoms with van der Waals surface area (Å²) in [5.74, 6) is -0.255. The standard InChI is InChI=1S/C28H43NO7/c1-17(7-10-24-27(33)28(12-13-28)16-21(36-24)15-26(32)34-5)6-9-23-18(2)14-22(20(4)35-23)29-25(31)11-8-19(3)30/h6-8,10-11,18-24,27,30,33H,9,12-16H2,1-5H3,(H,29,31)/b10-7+,11-8-,17-6+/t18-,19-,20+,21+,22+,23-,24+,27+/m0/s1. The number of ether oxygens (including phenoxy) is 3. The van der Waals surface area contributed by atoms with Gasteiger partial charge >= 0.3 is 5.97 Å². The van der Waals surface area contributed by atoms with Crippen LogP contribution in [-0.2, 0) is 23.8 Å². The molecule has 1 saturated carbocycles. The minimum Gasteiger partial charge on any atom is -0.469 e. The fourth-order valence-corrected chi connectivity index (χ4v) is 5.25. The maximum absolute atomic E-state index is 12.1. The molecule has 0 radical (unpaired) electrons. The van der Waals surface area contributed by atoms with Gasteiger partial charge in [0.15, 0.2) is 0 Å². The first kappa shape index (κ1) is 28.6. The Labute approximate surface area is 214 Å². The monoisotopic (exact) mass is 505 g/mol. The number of nitrogens with one attached hydrogen (secondary N) is 1. The summed E-state index contributed by atoms with van der Waals surface area (Å²) in [7, 11) is 1.38. The van der Waals surface area contributed by atoms with Crippen LogP contribution in [0.2, 0.25) is 0 Å².